The van der Waals surface area contributed by atoms with Gasteiger partial charge in [-0.25, -0.2) is 8.78 Å². The van der Waals surface area contributed by atoms with Gasteiger partial charge in [0.1, 0.15) is 5.75 Å². The molecule has 3 nitrogen and oxygen atoms in total. The van der Waals surface area contributed by atoms with Crippen LogP contribution in [0.25, 0.3) is 0 Å². The van der Waals surface area contributed by atoms with Crippen LogP contribution in [0.2, 0.25) is 0 Å². The van der Waals surface area contributed by atoms with Crippen LogP contribution in [-0.2, 0) is 4.79 Å². The van der Waals surface area contributed by atoms with E-state index in [0.29, 0.717) is 6.54 Å². The molecule has 1 aliphatic rings. The van der Waals surface area contributed by atoms with Crippen molar-refractivity contribution in [3.63, 3.8) is 0 Å². The number of benzene rings is 1. The van der Waals surface area contributed by atoms with Crippen LogP contribution in [0.1, 0.15) is 32.1 Å². The Hall–Kier alpha value is -1.91. The monoisotopic (exact) mass is 295 g/mol. The van der Waals surface area contributed by atoms with E-state index in [0.717, 1.165) is 31.4 Å². The van der Waals surface area contributed by atoms with Crippen molar-refractivity contribution in [2.75, 3.05) is 13.2 Å². The van der Waals surface area contributed by atoms with E-state index in [-0.39, 0.29) is 18.3 Å². The van der Waals surface area contributed by atoms with E-state index in [1.165, 1.54) is 24.5 Å². The molecule has 1 aromatic rings. The molecule has 2 rings (SSSR count). The summed E-state index contributed by atoms with van der Waals surface area (Å²) < 4.78 is 30.8. The zero-order chi connectivity index (χ0) is 15.1. The van der Waals surface area contributed by atoms with Gasteiger partial charge in [0.2, 0.25) is 0 Å². The van der Waals surface area contributed by atoms with Gasteiger partial charge in [-0.15, -0.1) is 0 Å². The number of hydrogen-bond donors (Lipinski definition) is 1. The van der Waals surface area contributed by atoms with Crippen LogP contribution in [0.3, 0.4) is 0 Å². The Kier molecular flexibility index (Phi) is 5.72. The highest BCUT2D eigenvalue weighted by Gasteiger charge is 2.07. The number of amides is 1. The van der Waals surface area contributed by atoms with Gasteiger partial charge in [-0.05, 0) is 44.2 Å². The fraction of sp³-hybridized carbons (Fsp3) is 0.438. The molecule has 0 heterocycles. The summed E-state index contributed by atoms with van der Waals surface area (Å²) in [5.74, 6) is -2.06. The molecule has 0 fully saturated rings. The topological polar surface area (TPSA) is 38.3 Å². The van der Waals surface area contributed by atoms with Gasteiger partial charge < -0.3 is 10.1 Å². The second kappa shape index (κ2) is 7.76. The maximum Gasteiger partial charge on any atom is 0.257 e. The fourth-order valence-electron chi connectivity index (χ4n) is 2.26. The van der Waals surface area contributed by atoms with Crippen LogP contribution in [0.15, 0.2) is 29.8 Å². The van der Waals surface area contributed by atoms with Crippen molar-refractivity contribution in [3.05, 3.63) is 41.5 Å². The zero-order valence-electron chi connectivity index (χ0n) is 11.8. The SMILES string of the molecule is O=C(COc1ccc(F)c(F)c1)NCCC1=CCCCC1. The Balaban J connectivity index is 1.67. The highest BCUT2D eigenvalue weighted by molar-refractivity contribution is 5.77. The highest BCUT2D eigenvalue weighted by Crippen LogP contribution is 2.19. The Bertz CT molecular complexity index is 529. The molecule has 5 heteroatoms. The van der Waals surface area contributed by atoms with E-state index < -0.39 is 11.6 Å². The number of allylic oxidation sites excluding steroid dienone is 1. The summed E-state index contributed by atoms with van der Waals surface area (Å²) in [6.45, 7) is 0.371. The molecule has 0 unspecified atom stereocenters. The molecule has 0 bridgehead atoms. The zero-order valence-corrected chi connectivity index (χ0v) is 11.8. The number of carbonyl (C=O) groups excluding carboxylic acids is 1. The lowest BCUT2D eigenvalue weighted by molar-refractivity contribution is -0.123. The summed E-state index contributed by atoms with van der Waals surface area (Å²) in [6, 6.07) is 3.19. The number of ether oxygens (including phenoxy) is 1. The largest absolute Gasteiger partial charge is 0.484 e. The fourth-order valence-corrected chi connectivity index (χ4v) is 2.26. The molecule has 1 N–H and O–H groups in total. The molecular weight excluding hydrogens is 276 g/mol. The first kappa shape index (κ1) is 15.5. The summed E-state index contributed by atoms with van der Waals surface area (Å²) in [4.78, 5) is 11.6. The van der Waals surface area contributed by atoms with Gasteiger partial charge in [0, 0.05) is 12.6 Å². The van der Waals surface area contributed by atoms with E-state index >= 15 is 0 Å². The molecule has 1 aromatic carbocycles. The van der Waals surface area contributed by atoms with Gasteiger partial charge >= 0.3 is 0 Å². The van der Waals surface area contributed by atoms with E-state index in [2.05, 4.69) is 11.4 Å². The number of hydrogen-bond acceptors (Lipinski definition) is 2. The lowest BCUT2D eigenvalue weighted by Crippen LogP contribution is -2.30. The first-order chi connectivity index (χ1) is 10.1. The number of nitrogens with one attached hydrogen (secondary N) is 1. The van der Waals surface area contributed by atoms with Gasteiger partial charge in [0.15, 0.2) is 18.2 Å². The van der Waals surface area contributed by atoms with Crippen molar-refractivity contribution < 1.29 is 18.3 Å². The van der Waals surface area contributed by atoms with Crippen molar-refractivity contribution >= 4 is 5.91 Å². The van der Waals surface area contributed by atoms with Crippen molar-refractivity contribution in [2.24, 2.45) is 0 Å². The third-order valence-electron chi connectivity index (χ3n) is 3.41. The predicted molar refractivity (Wildman–Crippen MR) is 76.0 cm³/mol. The number of halogens is 2. The van der Waals surface area contributed by atoms with Crippen molar-refractivity contribution in [1.82, 2.24) is 5.32 Å². The number of rotatable bonds is 6. The predicted octanol–water partition coefficient (Wildman–Crippen LogP) is 3.35. The third-order valence-corrected chi connectivity index (χ3v) is 3.41. The van der Waals surface area contributed by atoms with Crippen molar-refractivity contribution in [2.45, 2.75) is 32.1 Å². The van der Waals surface area contributed by atoms with Gasteiger partial charge in [0.05, 0.1) is 0 Å². The van der Waals surface area contributed by atoms with E-state index in [1.807, 2.05) is 0 Å². The van der Waals surface area contributed by atoms with Crippen molar-refractivity contribution in [1.29, 1.82) is 0 Å². The Morgan fingerprint density at radius 3 is 2.81 bits per heavy atom. The summed E-state index contributed by atoms with van der Waals surface area (Å²) in [6.07, 6.45) is 7.81. The van der Waals surface area contributed by atoms with Crippen LogP contribution in [0.5, 0.6) is 5.75 Å². The molecule has 21 heavy (non-hydrogen) atoms. The molecule has 0 saturated heterocycles. The lowest BCUT2D eigenvalue weighted by atomic mass is 9.97. The molecule has 1 amide bonds. The molecule has 1 aliphatic carbocycles. The van der Waals surface area contributed by atoms with E-state index in [4.69, 9.17) is 4.74 Å². The molecule has 0 saturated carbocycles. The molecule has 0 spiro atoms. The standard InChI is InChI=1S/C16H19F2NO2/c17-14-7-6-13(10-15(14)18)21-11-16(20)19-9-8-12-4-2-1-3-5-12/h4,6-7,10H,1-3,5,8-9,11H2,(H,19,20). The van der Waals surface area contributed by atoms with Crippen LogP contribution in [0.4, 0.5) is 8.78 Å². The van der Waals surface area contributed by atoms with Gasteiger partial charge in [-0.2, -0.15) is 0 Å². The summed E-state index contributed by atoms with van der Waals surface area (Å²) in [5, 5.41) is 2.75. The Labute approximate surface area is 123 Å². The van der Waals surface area contributed by atoms with E-state index in [9.17, 15) is 13.6 Å². The Morgan fingerprint density at radius 1 is 1.24 bits per heavy atom. The summed E-state index contributed by atoms with van der Waals surface area (Å²) in [7, 11) is 0. The maximum atomic E-state index is 13.0. The normalized spacial score (nSPS) is 14.5. The number of carbonyl (C=O) groups is 1. The van der Waals surface area contributed by atoms with Crippen LogP contribution in [-0.4, -0.2) is 19.1 Å². The average molecular weight is 295 g/mol. The lowest BCUT2D eigenvalue weighted by Gasteiger charge is -2.13. The van der Waals surface area contributed by atoms with E-state index in [1.54, 1.807) is 0 Å². The minimum Gasteiger partial charge on any atom is -0.484 e. The van der Waals surface area contributed by atoms with Gasteiger partial charge in [0.25, 0.3) is 5.91 Å². The molecule has 0 radical (unpaired) electrons. The molecule has 114 valence electrons. The maximum absolute atomic E-state index is 13.0. The van der Waals surface area contributed by atoms with Crippen LogP contribution >= 0.6 is 0 Å². The molecule has 0 atom stereocenters. The van der Waals surface area contributed by atoms with Gasteiger partial charge in [-0.1, -0.05) is 11.6 Å². The second-order valence-corrected chi connectivity index (χ2v) is 5.07. The first-order valence-electron chi connectivity index (χ1n) is 7.17. The van der Waals surface area contributed by atoms with Gasteiger partial charge in [-0.3, -0.25) is 4.79 Å². The minimum absolute atomic E-state index is 0.138. The second-order valence-electron chi connectivity index (χ2n) is 5.07. The highest BCUT2D eigenvalue weighted by atomic mass is 19.2. The smallest absolute Gasteiger partial charge is 0.257 e. The quantitative estimate of drug-likeness (QED) is 0.817. The summed E-state index contributed by atoms with van der Waals surface area (Å²) in [5.41, 5.74) is 1.39. The molecular formula is C16H19F2NO2. The average Bonchev–Trinajstić information content (AvgIpc) is 2.49. The van der Waals surface area contributed by atoms with Crippen LogP contribution in [0, 0.1) is 11.6 Å². The first-order valence-corrected chi connectivity index (χ1v) is 7.17. The third kappa shape index (κ3) is 5.17. The van der Waals surface area contributed by atoms with Crippen molar-refractivity contribution in [3.8, 4) is 5.75 Å². The molecule has 0 aliphatic heterocycles. The molecule has 0 aromatic heterocycles. The minimum atomic E-state index is -0.989. The summed E-state index contributed by atoms with van der Waals surface area (Å²) >= 11 is 0. The Morgan fingerprint density at radius 2 is 2.10 bits per heavy atom. The van der Waals surface area contributed by atoms with Crippen LogP contribution < -0.4 is 10.1 Å².